The van der Waals surface area contributed by atoms with Gasteiger partial charge in [-0.05, 0) is 18.9 Å². The molecule has 1 unspecified atom stereocenters. The summed E-state index contributed by atoms with van der Waals surface area (Å²) in [6.45, 7) is 4.21. The number of hydrogen-bond donors (Lipinski definition) is 3. The molecule has 1 amide bonds. The molecule has 1 saturated heterocycles. The van der Waals surface area contributed by atoms with E-state index in [0.717, 1.165) is 25.1 Å². The van der Waals surface area contributed by atoms with Crippen LogP contribution in [0.3, 0.4) is 0 Å². The van der Waals surface area contributed by atoms with Gasteiger partial charge in [0.1, 0.15) is 5.82 Å². The van der Waals surface area contributed by atoms with Crippen molar-refractivity contribution in [3.8, 4) is 0 Å². The Kier molecular flexibility index (Phi) is 8.36. The molecule has 1 aliphatic heterocycles. The maximum absolute atomic E-state index is 12.8. The molecule has 0 aromatic carbocycles. The van der Waals surface area contributed by atoms with Gasteiger partial charge in [0.15, 0.2) is 5.96 Å². The van der Waals surface area contributed by atoms with Crippen LogP contribution in [0.4, 0.5) is 19.0 Å². The minimum absolute atomic E-state index is 0.0233. The summed E-state index contributed by atoms with van der Waals surface area (Å²) in [6, 6.07) is 0.921. The molecule has 2 rings (SSSR count). The molecule has 2 heterocycles. The van der Waals surface area contributed by atoms with Gasteiger partial charge in [0.05, 0.1) is 10.6 Å². The van der Waals surface area contributed by atoms with Crippen molar-refractivity contribution in [3.63, 3.8) is 0 Å². The molecule has 162 valence electrons. The fraction of sp³-hybridized carbons (Fsp3) is 0.611. The quantitative estimate of drug-likeness (QED) is 0.453. The highest BCUT2D eigenvalue weighted by Gasteiger charge is 2.33. The number of aromatic nitrogens is 1. The third-order valence-electron chi connectivity index (χ3n) is 4.42. The van der Waals surface area contributed by atoms with Gasteiger partial charge in [-0.1, -0.05) is 18.5 Å². The molecule has 1 aromatic heterocycles. The lowest BCUT2D eigenvalue weighted by Crippen LogP contribution is -2.45. The maximum atomic E-state index is 12.8. The number of hydrogen-bond acceptors (Lipinski definition) is 4. The van der Waals surface area contributed by atoms with Gasteiger partial charge in [0.25, 0.3) is 0 Å². The maximum Gasteiger partial charge on any atom is 0.417 e. The summed E-state index contributed by atoms with van der Waals surface area (Å²) in [5.41, 5.74) is -0.868. The van der Waals surface area contributed by atoms with E-state index in [0.29, 0.717) is 44.4 Å². The fourth-order valence-corrected chi connectivity index (χ4v) is 3.21. The molecular weight excluding hydrogens is 409 g/mol. The van der Waals surface area contributed by atoms with Gasteiger partial charge in [-0.15, -0.1) is 0 Å². The highest BCUT2D eigenvalue weighted by molar-refractivity contribution is 6.33. The standard InChI is InChI=1S/C18H26ClF3N6O/c1-3-6-24-15(29)4-7-25-17(23-2)27-13-5-8-28(11-13)16-14(19)9-12(10-26-16)18(20,21)22/h9-10,13H,3-8,11H2,1-2H3,(H,24,29)(H2,23,25,27). The SMILES string of the molecule is CCCNC(=O)CCNC(=NC)NC1CCN(c2ncc(C(F)(F)F)cc2Cl)C1. The van der Waals surface area contributed by atoms with Crippen molar-refractivity contribution in [3.05, 3.63) is 22.8 Å². The van der Waals surface area contributed by atoms with Crippen LogP contribution in [-0.2, 0) is 11.0 Å². The van der Waals surface area contributed by atoms with Crippen molar-refractivity contribution in [1.29, 1.82) is 0 Å². The van der Waals surface area contributed by atoms with Gasteiger partial charge in [-0.2, -0.15) is 13.2 Å². The third-order valence-corrected chi connectivity index (χ3v) is 4.70. The molecule has 11 heteroatoms. The van der Waals surface area contributed by atoms with E-state index < -0.39 is 11.7 Å². The molecule has 0 saturated carbocycles. The number of amides is 1. The summed E-state index contributed by atoms with van der Waals surface area (Å²) >= 11 is 6.03. The van der Waals surface area contributed by atoms with Crippen molar-refractivity contribution in [1.82, 2.24) is 20.9 Å². The summed E-state index contributed by atoms with van der Waals surface area (Å²) in [5.74, 6) is 0.871. The van der Waals surface area contributed by atoms with Crippen LogP contribution in [0, 0.1) is 0 Å². The Morgan fingerprint density at radius 1 is 1.38 bits per heavy atom. The molecule has 0 bridgehead atoms. The van der Waals surface area contributed by atoms with Crippen molar-refractivity contribution in [2.45, 2.75) is 38.4 Å². The summed E-state index contributed by atoms with van der Waals surface area (Å²) in [4.78, 5) is 21.5. The van der Waals surface area contributed by atoms with Crippen molar-refractivity contribution in [2.75, 3.05) is 38.1 Å². The van der Waals surface area contributed by atoms with Crippen LogP contribution in [0.2, 0.25) is 5.02 Å². The van der Waals surface area contributed by atoms with Gasteiger partial charge in [0, 0.05) is 51.9 Å². The first-order valence-corrected chi connectivity index (χ1v) is 9.84. The predicted octanol–water partition coefficient (Wildman–Crippen LogP) is 2.41. The van der Waals surface area contributed by atoms with Gasteiger partial charge in [0.2, 0.25) is 5.91 Å². The minimum Gasteiger partial charge on any atom is -0.356 e. The molecule has 0 spiro atoms. The lowest BCUT2D eigenvalue weighted by atomic mass is 10.2. The number of nitrogens with zero attached hydrogens (tertiary/aromatic N) is 3. The second kappa shape index (κ2) is 10.5. The predicted molar refractivity (Wildman–Crippen MR) is 107 cm³/mol. The zero-order valence-corrected chi connectivity index (χ0v) is 17.2. The number of anilines is 1. The van der Waals surface area contributed by atoms with E-state index in [-0.39, 0.29) is 17.0 Å². The third kappa shape index (κ3) is 6.95. The number of carbonyl (C=O) groups is 1. The van der Waals surface area contributed by atoms with Gasteiger partial charge < -0.3 is 20.9 Å². The van der Waals surface area contributed by atoms with E-state index in [1.165, 1.54) is 0 Å². The molecule has 1 aliphatic rings. The Morgan fingerprint density at radius 3 is 2.76 bits per heavy atom. The van der Waals surface area contributed by atoms with Gasteiger partial charge in [-0.3, -0.25) is 9.79 Å². The number of rotatable bonds is 7. The second-order valence-corrected chi connectivity index (χ2v) is 7.11. The Bertz CT molecular complexity index is 728. The lowest BCUT2D eigenvalue weighted by molar-refractivity contribution is -0.137. The molecule has 29 heavy (non-hydrogen) atoms. The average Bonchev–Trinajstić information content (AvgIpc) is 3.12. The minimum atomic E-state index is -4.48. The number of pyridine rings is 1. The van der Waals surface area contributed by atoms with Crippen LogP contribution in [-0.4, -0.2) is 56.1 Å². The van der Waals surface area contributed by atoms with Crippen LogP contribution in [0.15, 0.2) is 17.3 Å². The normalized spacial score (nSPS) is 17.4. The zero-order valence-electron chi connectivity index (χ0n) is 16.4. The highest BCUT2D eigenvalue weighted by Crippen LogP contribution is 2.34. The average molecular weight is 435 g/mol. The smallest absolute Gasteiger partial charge is 0.356 e. The monoisotopic (exact) mass is 434 g/mol. The van der Waals surface area contributed by atoms with Crippen molar-refractivity contribution >= 4 is 29.3 Å². The summed E-state index contributed by atoms with van der Waals surface area (Å²) < 4.78 is 38.3. The summed E-state index contributed by atoms with van der Waals surface area (Å²) in [6.07, 6.45) is -1.71. The summed E-state index contributed by atoms with van der Waals surface area (Å²) in [7, 11) is 1.63. The molecule has 0 aliphatic carbocycles. The number of guanidine groups is 1. The van der Waals surface area contributed by atoms with E-state index in [9.17, 15) is 18.0 Å². The fourth-order valence-electron chi connectivity index (χ4n) is 2.92. The van der Waals surface area contributed by atoms with Gasteiger partial charge in [-0.25, -0.2) is 4.98 Å². The Labute approximate surface area is 173 Å². The molecule has 0 radical (unpaired) electrons. The zero-order chi connectivity index (χ0) is 21.4. The number of alkyl halides is 3. The molecule has 3 N–H and O–H groups in total. The van der Waals surface area contributed by atoms with E-state index in [1.807, 2.05) is 11.8 Å². The van der Waals surface area contributed by atoms with E-state index in [1.54, 1.807) is 7.05 Å². The van der Waals surface area contributed by atoms with Gasteiger partial charge >= 0.3 is 6.18 Å². The van der Waals surface area contributed by atoms with Crippen molar-refractivity contribution in [2.24, 2.45) is 4.99 Å². The Morgan fingerprint density at radius 2 is 2.14 bits per heavy atom. The van der Waals surface area contributed by atoms with Crippen LogP contribution in [0.25, 0.3) is 0 Å². The topological polar surface area (TPSA) is 81.6 Å². The molecule has 1 fully saturated rings. The molecule has 7 nitrogen and oxygen atoms in total. The van der Waals surface area contributed by atoms with Crippen LogP contribution >= 0.6 is 11.6 Å². The van der Waals surface area contributed by atoms with Crippen molar-refractivity contribution < 1.29 is 18.0 Å². The van der Waals surface area contributed by atoms with E-state index in [2.05, 4.69) is 25.9 Å². The Balaban J connectivity index is 1.85. The first kappa shape index (κ1) is 23.1. The highest BCUT2D eigenvalue weighted by atomic mass is 35.5. The Hall–Kier alpha value is -2.23. The number of carbonyl (C=O) groups excluding carboxylic acids is 1. The first-order valence-electron chi connectivity index (χ1n) is 9.46. The second-order valence-electron chi connectivity index (χ2n) is 6.70. The van der Waals surface area contributed by atoms with Crippen LogP contribution in [0.1, 0.15) is 31.7 Å². The van der Waals surface area contributed by atoms with E-state index in [4.69, 9.17) is 11.6 Å². The molecule has 1 aromatic rings. The van der Waals surface area contributed by atoms with E-state index >= 15 is 0 Å². The molecular formula is C18H26ClF3N6O. The molecule has 1 atom stereocenters. The number of halogens is 4. The lowest BCUT2D eigenvalue weighted by Gasteiger charge is -2.21. The van der Waals surface area contributed by atoms with Crippen LogP contribution in [0.5, 0.6) is 0 Å². The largest absolute Gasteiger partial charge is 0.417 e. The summed E-state index contributed by atoms with van der Waals surface area (Å²) in [5, 5.41) is 9.12. The number of aliphatic imine (C=N–C) groups is 1. The first-order chi connectivity index (χ1) is 13.7. The number of nitrogens with one attached hydrogen (secondary N) is 3. The van der Waals surface area contributed by atoms with Crippen LogP contribution < -0.4 is 20.9 Å².